The third-order valence-electron chi connectivity index (χ3n) is 4.18. The third kappa shape index (κ3) is 4.69. The van der Waals surface area contributed by atoms with Crippen LogP contribution in [-0.4, -0.2) is 61.4 Å². The summed E-state index contributed by atoms with van der Waals surface area (Å²) in [4.78, 5) is 28.3. The van der Waals surface area contributed by atoms with Crippen molar-refractivity contribution in [3.63, 3.8) is 0 Å². The predicted molar refractivity (Wildman–Crippen MR) is 91.4 cm³/mol. The van der Waals surface area contributed by atoms with E-state index < -0.39 is 0 Å². The van der Waals surface area contributed by atoms with Gasteiger partial charge in [-0.1, -0.05) is 36.7 Å². The van der Waals surface area contributed by atoms with E-state index in [4.69, 9.17) is 11.6 Å². The number of nitrogens with zero attached hydrogens (tertiary/aromatic N) is 2. The van der Waals surface area contributed by atoms with Gasteiger partial charge in [0.15, 0.2) is 0 Å². The second-order valence-corrected chi connectivity index (χ2v) is 6.34. The Kier molecular flexibility index (Phi) is 6.42. The molecule has 1 aromatic rings. The van der Waals surface area contributed by atoms with Gasteiger partial charge in [0.2, 0.25) is 11.8 Å². The second-order valence-electron chi connectivity index (χ2n) is 5.93. The summed E-state index contributed by atoms with van der Waals surface area (Å²) in [6.45, 7) is 4.96. The average molecular weight is 338 g/mol. The molecule has 5 nitrogen and oxygen atoms in total. The van der Waals surface area contributed by atoms with Crippen LogP contribution in [0.3, 0.4) is 0 Å². The molecule has 0 bridgehead atoms. The van der Waals surface area contributed by atoms with E-state index in [1.54, 1.807) is 6.07 Å². The van der Waals surface area contributed by atoms with Crippen molar-refractivity contribution < 1.29 is 9.59 Å². The van der Waals surface area contributed by atoms with E-state index in [1.807, 2.05) is 42.0 Å². The molecular weight excluding hydrogens is 314 g/mol. The number of hydrogen-bond acceptors (Lipinski definition) is 3. The molecule has 2 amide bonds. The molecule has 0 aromatic heterocycles. The second kappa shape index (κ2) is 8.31. The van der Waals surface area contributed by atoms with Crippen molar-refractivity contribution in [2.45, 2.75) is 13.3 Å². The van der Waals surface area contributed by atoms with Crippen molar-refractivity contribution >= 4 is 23.4 Å². The minimum atomic E-state index is -0.0367. The maximum atomic E-state index is 12.4. The molecule has 1 aliphatic heterocycles. The van der Waals surface area contributed by atoms with Gasteiger partial charge in [0.25, 0.3) is 0 Å². The minimum absolute atomic E-state index is 0.0367. The molecule has 126 valence electrons. The van der Waals surface area contributed by atoms with E-state index in [0.29, 0.717) is 44.2 Å². The number of carbonyl (C=O) groups excluding carboxylic acids is 2. The van der Waals surface area contributed by atoms with E-state index in [-0.39, 0.29) is 17.7 Å². The molecule has 1 aliphatic rings. The van der Waals surface area contributed by atoms with Gasteiger partial charge in [-0.2, -0.15) is 0 Å². The van der Waals surface area contributed by atoms with E-state index in [2.05, 4.69) is 5.32 Å². The number of halogens is 1. The Morgan fingerprint density at radius 2 is 1.78 bits per heavy atom. The van der Waals surface area contributed by atoms with E-state index in [9.17, 15) is 9.59 Å². The summed E-state index contributed by atoms with van der Waals surface area (Å²) in [7, 11) is 1.84. The summed E-state index contributed by atoms with van der Waals surface area (Å²) < 4.78 is 0. The summed E-state index contributed by atoms with van der Waals surface area (Å²) in [5, 5.41) is 3.64. The van der Waals surface area contributed by atoms with Gasteiger partial charge < -0.3 is 15.1 Å². The lowest BCUT2D eigenvalue weighted by atomic mass is 10.1. The van der Waals surface area contributed by atoms with Crippen molar-refractivity contribution in [2.24, 2.45) is 5.92 Å². The highest BCUT2D eigenvalue weighted by molar-refractivity contribution is 6.31. The smallest absolute Gasteiger partial charge is 0.227 e. The highest BCUT2D eigenvalue weighted by Gasteiger charge is 2.26. The fourth-order valence-corrected chi connectivity index (χ4v) is 3.00. The number of rotatable bonds is 5. The molecule has 1 saturated heterocycles. The first kappa shape index (κ1) is 17.8. The summed E-state index contributed by atoms with van der Waals surface area (Å²) >= 11 is 6.11. The van der Waals surface area contributed by atoms with Crippen molar-refractivity contribution in [2.75, 3.05) is 39.8 Å². The lowest BCUT2D eigenvalue weighted by molar-refractivity contribution is -0.141. The third-order valence-corrected chi connectivity index (χ3v) is 4.54. The van der Waals surface area contributed by atoms with E-state index in [0.717, 1.165) is 5.56 Å². The van der Waals surface area contributed by atoms with E-state index in [1.165, 1.54) is 0 Å². The van der Waals surface area contributed by atoms with Gasteiger partial charge in [-0.15, -0.1) is 0 Å². The Hall–Kier alpha value is -1.59. The Bertz CT molecular complexity index is 557. The maximum absolute atomic E-state index is 12.4. The molecule has 1 aromatic carbocycles. The van der Waals surface area contributed by atoms with Gasteiger partial charge in [-0.05, 0) is 18.7 Å². The van der Waals surface area contributed by atoms with Gasteiger partial charge in [0.1, 0.15) is 0 Å². The zero-order valence-corrected chi connectivity index (χ0v) is 14.5. The van der Waals surface area contributed by atoms with Gasteiger partial charge in [-0.25, -0.2) is 0 Å². The Balaban J connectivity index is 1.85. The number of amides is 2. The van der Waals surface area contributed by atoms with Crippen LogP contribution < -0.4 is 5.32 Å². The molecule has 1 fully saturated rings. The monoisotopic (exact) mass is 337 g/mol. The van der Waals surface area contributed by atoms with Crippen LogP contribution in [0.1, 0.15) is 12.5 Å². The molecule has 23 heavy (non-hydrogen) atoms. The van der Waals surface area contributed by atoms with Gasteiger partial charge in [0.05, 0.1) is 6.42 Å². The molecule has 0 saturated carbocycles. The van der Waals surface area contributed by atoms with Crippen LogP contribution in [0, 0.1) is 5.92 Å². The van der Waals surface area contributed by atoms with Gasteiger partial charge in [-0.3, -0.25) is 9.59 Å². The first-order valence-corrected chi connectivity index (χ1v) is 8.35. The highest BCUT2D eigenvalue weighted by Crippen LogP contribution is 2.17. The molecule has 2 rings (SSSR count). The first-order chi connectivity index (χ1) is 11.0. The normalized spacial score (nSPS) is 16.3. The van der Waals surface area contributed by atoms with Crippen LogP contribution in [0.2, 0.25) is 5.02 Å². The van der Waals surface area contributed by atoms with Crippen molar-refractivity contribution in [3.8, 4) is 0 Å². The number of benzene rings is 1. The van der Waals surface area contributed by atoms with Crippen LogP contribution in [0.5, 0.6) is 0 Å². The largest absolute Gasteiger partial charge is 0.339 e. The summed E-state index contributed by atoms with van der Waals surface area (Å²) in [5.74, 6) is 0.177. The summed E-state index contributed by atoms with van der Waals surface area (Å²) in [5.41, 5.74) is 0.848. The molecule has 6 heteroatoms. The minimum Gasteiger partial charge on any atom is -0.339 e. The zero-order chi connectivity index (χ0) is 16.8. The number of carbonyl (C=O) groups is 2. The molecule has 1 N–H and O–H groups in total. The summed E-state index contributed by atoms with van der Waals surface area (Å²) in [6.07, 6.45) is 0.309. The predicted octanol–water partition coefficient (Wildman–Crippen LogP) is 1.41. The maximum Gasteiger partial charge on any atom is 0.227 e. The quantitative estimate of drug-likeness (QED) is 0.884. The molecule has 0 aliphatic carbocycles. The Morgan fingerprint density at radius 3 is 2.39 bits per heavy atom. The number of nitrogens with one attached hydrogen (secondary N) is 1. The molecule has 0 spiro atoms. The van der Waals surface area contributed by atoms with Gasteiger partial charge in [0, 0.05) is 43.7 Å². The molecular formula is C17H24ClN3O2. The lowest BCUT2D eigenvalue weighted by Gasteiger charge is -2.36. The fraction of sp³-hybridized carbons (Fsp3) is 0.529. The topological polar surface area (TPSA) is 52.7 Å². The highest BCUT2D eigenvalue weighted by atomic mass is 35.5. The SMILES string of the molecule is CNCC(C)C(=O)N1CCN(C(=O)Cc2ccccc2Cl)CC1. The molecule has 1 atom stereocenters. The van der Waals surface area contributed by atoms with E-state index >= 15 is 0 Å². The lowest BCUT2D eigenvalue weighted by Crippen LogP contribution is -2.52. The number of hydrogen-bond donors (Lipinski definition) is 1. The van der Waals surface area contributed by atoms with Gasteiger partial charge >= 0.3 is 0 Å². The molecule has 1 unspecified atom stereocenters. The Morgan fingerprint density at radius 1 is 1.17 bits per heavy atom. The zero-order valence-electron chi connectivity index (χ0n) is 13.7. The van der Waals surface area contributed by atoms with Crippen LogP contribution in [-0.2, 0) is 16.0 Å². The van der Waals surface area contributed by atoms with Crippen molar-refractivity contribution in [1.82, 2.24) is 15.1 Å². The van der Waals surface area contributed by atoms with Crippen molar-refractivity contribution in [1.29, 1.82) is 0 Å². The fourth-order valence-electron chi connectivity index (χ4n) is 2.80. The standard InChI is InChI=1S/C17H24ClN3O2/c1-13(12-19-2)17(23)21-9-7-20(8-10-21)16(22)11-14-5-3-4-6-15(14)18/h3-6,13,19H,7-12H2,1-2H3. The van der Waals surface area contributed by atoms with Crippen LogP contribution in [0.25, 0.3) is 0 Å². The first-order valence-electron chi connectivity index (χ1n) is 7.97. The molecule has 0 radical (unpaired) electrons. The summed E-state index contributed by atoms with van der Waals surface area (Å²) in [6, 6.07) is 7.41. The van der Waals surface area contributed by atoms with Crippen molar-refractivity contribution in [3.05, 3.63) is 34.9 Å². The number of piperazine rings is 1. The molecule has 1 heterocycles. The van der Waals surface area contributed by atoms with Crippen LogP contribution in [0.15, 0.2) is 24.3 Å². The van der Waals surface area contributed by atoms with Crippen LogP contribution >= 0.6 is 11.6 Å². The van der Waals surface area contributed by atoms with Crippen LogP contribution in [0.4, 0.5) is 0 Å². The Labute approximate surface area is 142 Å². The average Bonchev–Trinajstić information content (AvgIpc) is 2.56.